The summed E-state index contributed by atoms with van der Waals surface area (Å²) < 4.78 is 1.80. The minimum Gasteiger partial charge on any atom is -0.300 e. The third-order valence-electron chi connectivity index (χ3n) is 1.75. The van der Waals surface area contributed by atoms with E-state index in [2.05, 4.69) is 9.97 Å². The Hall–Kier alpha value is -1.71. The summed E-state index contributed by atoms with van der Waals surface area (Å²) in [5.41, 5.74) is 0.915. The number of rotatable bonds is 2. The third-order valence-corrected chi connectivity index (χ3v) is 1.75. The Labute approximate surface area is 75.2 Å². The summed E-state index contributed by atoms with van der Waals surface area (Å²) in [6, 6.07) is 0. The van der Waals surface area contributed by atoms with Gasteiger partial charge in [-0.25, -0.2) is 9.97 Å². The lowest BCUT2D eigenvalue weighted by Gasteiger charge is -1.97. The number of carbonyl (C=O) groups is 1. The van der Waals surface area contributed by atoms with Gasteiger partial charge >= 0.3 is 0 Å². The fourth-order valence-corrected chi connectivity index (χ4v) is 1.24. The second-order valence-electron chi connectivity index (χ2n) is 2.98. The maximum Gasteiger partial charge on any atom is 0.233 e. The van der Waals surface area contributed by atoms with E-state index < -0.39 is 0 Å². The summed E-state index contributed by atoms with van der Waals surface area (Å²) in [5, 5.41) is 0. The highest BCUT2D eigenvalue weighted by molar-refractivity contribution is 5.78. The van der Waals surface area contributed by atoms with Crippen LogP contribution in [-0.4, -0.2) is 20.2 Å². The molecule has 0 aliphatic carbocycles. The molecule has 0 saturated carbocycles. The van der Waals surface area contributed by atoms with E-state index in [0.717, 1.165) is 5.56 Å². The second-order valence-corrected chi connectivity index (χ2v) is 2.98. The monoisotopic (exact) mass is 175 g/mol. The van der Waals surface area contributed by atoms with Gasteiger partial charge in [0.1, 0.15) is 5.78 Å². The van der Waals surface area contributed by atoms with E-state index in [1.54, 1.807) is 23.7 Å². The molecule has 0 aromatic carbocycles. The van der Waals surface area contributed by atoms with E-state index in [1.165, 1.54) is 0 Å². The van der Waals surface area contributed by atoms with Gasteiger partial charge in [-0.3, -0.25) is 9.20 Å². The molecule has 0 N–H and O–H groups in total. The number of nitrogens with zero attached hydrogens (tertiary/aromatic N) is 3. The van der Waals surface area contributed by atoms with Crippen molar-refractivity contribution in [1.29, 1.82) is 0 Å². The summed E-state index contributed by atoms with van der Waals surface area (Å²) in [6.07, 6.45) is 7.48. The summed E-state index contributed by atoms with van der Waals surface area (Å²) in [5.74, 6) is 0.800. The van der Waals surface area contributed by atoms with E-state index in [-0.39, 0.29) is 5.78 Å². The van der Waals surface area contributed by atoms with Crippen molar-refractivity contribution in [3.8, 4) is 0 Å². The van der Waals surface area contributed by atoms with Gasteiger partial charge in [-0.15, -0.1) is 0 Å². The molecule has 0 bridgehead atoms. The van der Waals surface area contributed by atoms with E-state index in [0.29, 0.717) is 12.2 Å². The van der Waals surface area contributed by atoms with Crippen LogP contribution in [0.4, 0.5) is 0 Å². The molecule has 0 unspecified atom stereocenters. The molecule has 4 heteroatoms. The van der Waals surface area contributed by atoms with Crippen LogP contribution in [0.5, 0.6) is 0 Å². The molecule has 0 aliphatic heterocycles. The molecule has 4 nitrogen and oxygen atoms in total. The fourth-order valence-electron chi connectivity index (χ4n) is 1.24. The first-order valence-corrected chi connectivity index (χ1v) is 4.03. The second kappa shape index (κ2) is 2.97. The Morgan fingerprint density at radius 1 is 1.54 bits per heavy atom. The first kappa shape index (κ1) is 7.91. The van der Waals surface area contributed by atoms with E-state index >= 15 is 0 Å². The fraction of sp³-hybridized carbons (Fsp3) is 0.222. The maximum atomic E-state index is 10.8. The Bertz CT molecular complexity index is 447. The van der Waals surface area contributed by atoms with Gasteiger partial charge in [-0.1, -0.05) is 0 Å². The Morgan fingerprint density at radius 3 is 3.15 bits per heavy atom. The topological polar surface area (TPSA) is 47.3 Å². The van der Waals surface area contributed by atoms with Crippen LogP contribution in [-0.2, 0) is 11.2 Å². The van der Waals surface area contributed by atoms with Crippen molar-refractivity contribution in [3.05, 3.63) is 30.4 Å². The molecule has 0 atom stereocenters. The normalized spacial score (nSPS) is 10.5. The van der Waals surface area contributed by atoms with Crippen molar-refractivity contribution in [1.82, 2.24) is 14.4 Å². The van der Waals surface area contributed by atoms with Crippen LogP contribution < -0.4 is 0 Å². The van der Waals surface area contributed by atoms with E-state index in [9.17, 15) is 4.79 Å². The van der Waals surface area contributed by atoms with Crippen molar-refractivity contribution in [3.63, 3.8) is 0 Å². The molecule has 0 fully saturated rings. The molecule has 0 aliphatic rings. The number of aromatic nitrogens is 3. The molecule has 2 aromatic heterocycles. The van der Waals surface area contributed by atoms with Crippen LogP contribution in [0.15, 0.2) is 24.8 Å². The predicted molar refractivity (Wildman–Crippen MR) is 47.4 cm³/mol. The molecule has 13 heavy (non-hydrogen) atoms. The largest absolute Gasteiger partial charge is 0.300 e. The molecule has 2 rings (SSSR count). The Balaban J connectivity index is 2.42. The number of ketones is 1. The van der Waals surface area contributed by atoms with Gasteiger partial charge in [0.05, 0.1) is 0 Å². The molecular formula is C9H9N3O. The lowest BCUT2D eigenvalue weighted by atomic mass is 10.2. The van der Waals surface area contributed by atoms with Crippen LogP contribution in [0.2, 0.25) is 0 Å². The number of fused-ring (bicyclic) bond motifs is 1. The van der Waals surface area contributed by atoms with Crippen molar-refractivity contribution < 1.29 is 4.79 Å². The van der Waals surface area contributed by atoms with Crippen LogP contribution in [0, 0.1) is 0 Å². The quantitative estimate of drug-likeness (QED) is 0.680. The molecule has 66 valence electrons. The molecule has 2 heterocycles. The highest BCUT2D eigenvalue weighted by Gasteiger charge is 2.00. The third kappa shape index (κ3) is 1.56. The van der Waals surface area contributed by atoms with Crippen molar-refractivity contribution in [2.24, 2.45) is 0 Å². The average molecular weight is 175 g/mol. The minimum atomic E-state index is 0.140. The molecule has 0 spiro atoms. The van der Waals surface area contributed by atoms with Crippen LogP contribution in [0.1, 0.15) is 12.5 Å². The van der Waals surface area contributed by atoms with Crippen LogP contribution in [0.3, 0.4) is 0 Å². The van der Waals surface area contributed by atoms with Gasteiger partial charge in [0, 0.05) is 31.2 Å². The van der Waals surface area contributed by atoms with Crippen molar-refractivity contribution >= 4 is 11.6 Å². The molecule has 0 radical (unpaired) electrons. The summed E-state index contributed by atoms with van der Waals surface area (Å²) in [4.78, 5) is 18.9. The predicted octanol–water partition coefficient (Wildman–Crippen LogP) is 0.861. The van der Waals surface area contributed by atoms with Gasteiger partial charge in [-0.2, -0.15) is 0 Å². The highest BCUT2D eigenvalue weighted by atomic mass is 16.1. The summed E-state index contributed by atoms with van der Waals surface area (Å²) >= 11 is 0. The minimum absolute atomic E-state index is 0.140. The van der Waals surface area contributed by atoms with Gasteiger partial charge in [-0.05, 0) is 12.5 Å². The number of imidazole rings is 1. The van der Waals surface area contributed by atoms with Crippen molar-refractivity contribution in [2.75, 3.05) is 0 Å². The smallest absolute Gasteiger partial charge is 0.233 e. The van der Waals surface area contributed by atoms with Crippen LogP contribution >= 0.6 is 0 Å². The van der Waals surface area contributed by atoms with E-state index in [1.807, 2.05) is 12.4 Å². The van der Waals surface area contributed by atoms with Gasteiger partial charge in [0.25, 0.3) is 0 Å². The van der Waals surface area contributed by atoms with Crippen LogP contribution in [0.25, 0.3) is 5.78 Å². The maximum absolute atomic E-state index is 10.8. The average Bonchev–Trinajstić information content (AvgIpc) is 2.49. The number of carbonyl (C=O) groups excluding carboxylic acids is 1. The zero-order valence-electron chi connectivity index (χ0n) is 7.27. The SMILES string of the molecule is CC(=O)Cc1cnc2nccn2c1. The first-order chi connectivity index (χ1) is 6.25. The van der Waals surface area contributed by atoms with Gasteiger partial charge in [0.2, 0.25) is 5.78 Å². The van der Waals surface area contributed by atoms with E-state index in [4.69, 9.17) is 0 Å². The van der Waals surface area contributed by atoms with Gasteiger partial charge in [0.15, 0.2) is 0 Å². The standard InChI is InChI=1S/C9H9N3O/c1-7(13)4-8-5-11-9-10-2-3-12(9)6-8/h2-3,5-6H,4H2,1H3. The summed E-state index contributed by atoms with van der Waals surface area (Å²) in [7, 11) is 0. The number of Topliss-reactive ketones (excluding diaryl/α,β-unsaturated/α-hetero) is 1. The Morgan fingerprint density at radius 2 is 2.38 bits per heavy atom. The lowest BCUT2D eigenvalue weighted by Crippen LogP contribution is -1.99. The Kier molecular flexibility index (Phi) is 1.81. The summed E-state index contributed by atoms with van der Waals surface area (Å²) in [6.45, 7) is 1.57. The first-order valence-electron chi connectivity index (χ1n) is 4.03. The highest BCUT2D eigenvalue weighted by Crippen LogP contribution is 2.01. The number of hydrogen-bond donors (Lipinski definition) is 0. The van der Waals surface area contributed by atoms with Gasteiger partial charge < -0.3 is 0 Å². The number of hydrogen-bond acceptors (Lipinski definition) is 3. The molecule has 0 amide bonds. The molecular weight excluding hydrogens is 166 g/mol. The molecule has 2 aromatic rings. The zero-order valence-corrected chi connectivity index (χ0v) is 7.27. The van der Waals surface area contributed by atoms with Crippen molar-refractivity contribution in [2.45, 2.75) is 13.3 Å². The molecule has 0 saturated heterocycles. The lowest BCUT2D eigenvalue weighted by molar-refractivity contribution is -0.116. The zero-order chi connectivity index (χ0) is 9.26.